The number of amides is 1. The van der Waals surface area contributed by atoms with Gasteiger partial charge < -0.3 is 5.32 Å². The molecule has 3 aromatic rings. The van der Waals surface area contributed by atoms with E-state index in [1.165, 1.54) is 35.9 Å². The maximum atomic E-state index is 13.4. The maximum absolute atomic E-state index is 13.4. The summed E-state index contributed by atoms with van der Waals surface area (Å²) in [7, 11) is -4.03. The third kappa shape index (κ3) is 7.20. The van der Waals surface area contributed by atoms with Crippen LogP contribution in [0.3, 0.4) is 0 Å². The highest BCUT2D eigenvalue weighted by Crippen LogP contribution is 2.26. The van der Waals surface area contributed by atoms with Gasteiger partial charge >= 0.3 is 0 Å². The molecule has 9 heteroatoms. The summed E-state index contributed by atoms with van der Waals surface area (Å²) in [6, 6.07) is 18.1. The molecule has 0 heterocycles. The molecule has 3 aromatic carbocycles. The summed E-state index contributed by atoms with van der Waals surface area (Å²) in [5, 5.41) is 3.93. The van der Waals surface area contributed by atoms with Crippen molar-refractivity contribution in [2.45, 2.75) is 37.6 Å². The van der Waals surface area contributed by atoms with Crippen molar-refractivity contribution in [3.05, 3.63) is 92.9 Å². The molecule has 0 saturated heterocycles. The minimum atomic E-state index is -4.03. The van der Waals surface area contributed by atoms with E-state index in [1.54, 1.807) is 12.1 Å². The summed E-state index contributed by atoms with van der Waals surface area (Å²) in [5.41, 5.74) is 2.31. The molecule has 0 aliphatic rings. The Hall–Kier alpha value is -2.09. The number of carbonyl (C=O) groups excluding carboxylic acids is 1. The molecule has 5 nitrogen and oxygen atoms in total. The van der Waals surface area contributed by atoms with E-state index in [2.05, 4.69) is 12.2 Å². The van der Waals surface area contributed by atoms with Crippen LogP contribution in [0.4, 0.5) is 5.69 Å². The van der Waals surface area contributed by atoms with Gasteiger partial charge in [0.15, 0.2) is 0 Å². The minimum Gasteiger partial charge on any atom is -0.325 e. The molecular weight excluding hydrogens is 515 g/mol. The summed E-state index contributed by atoms with van der Waals surface area (Å²) in [5.74, 6) is -0.469. The van der Waals surface area contributed by atoms with Crippen LogP contribution in [-0.4, -0.2) is 25.2 Å². The zero-order valence-electron chi connectivity index (χ0n) is 18.6. The Kier molecular flexibility index (Phi) is 9.39. The van der Waals surface area contributed by atoms with Crippen LogP contribution in [0.5, 0.6) is 0 Å². The zero-order valence-corrected chi connectivity index (χ0v) is 21.7. The Morgan fingerprint density at radius 3 is 2.18 bits per heavy atom. The molecule has 0 aliphatic heterocycles. The lowest BCUT2D eigenvalue weighted by atomic mass is 10.1. The number of nitrogens with zero attached hydrogens (tertiary/aromatic N) is 1. The van der Waals surface area contributed by atoms with Crippen molar-refractivity contribution < 1.29 is 13.2 Å². The van der Waals surface area contributed by atoms with Crippen molar-refractivity contribution in [3.8, 4) is 0 Å². The molecule has 180 valence electrons. The summed E-state index contributed by atoms with van der Waals surface area (Å²) in [4.78, 5) is 12.9. The van der Waals surface area contributed by atoms with Gasteiger partial charge in [-0.1, -0.05) is 66.3 Å². The van der Waals surface area contributed by atoms with Gasteiger partial charge in [0.2, 0.25) is 15.9 Å². The standard InChI is InChI=1S/C25H25Cl3N2O3S/c1-2-3-4-18-5-11-22(12-6-18)29-25(31)17-30(16-19-7-8-21(27)15-24(19)28)34(32,33)23-13-9-20(26)10-14-23/h5-15H,2-4,16-17H2,1H3,(H,29,31). The van der Waals surface area contributed by atoms with Gasteiger partial charge in [0.25, 0.3) is 0 Å². The van der Waals surface area contributed by atoms with E-state index in [9.17, 15) is 13.2 Å². The topological polar surface area (TPSA) is 66.5 Å². The number of sulfonamides is 1. The molecule has 0 saturated carbocycles. The second-order valence-electron chi connectivity index (χ2n) is 7.81. The number of hydrogen-bond donors (Lipinski definition) is 1. The molecule has 0 unspecified atom stereocenters. The third-order valence-electron chi connectivity index (χ3n) is 5.19. The van der Waals surface area contributed by atoms with Crippen LogP contribution in [0, 0.1) is 0 Å². The molecule has 0 aliphatic carbocycles. The quantitative estimate of drug-likeness (QED) is 0.307. The fourth-order valence-corrected chi connectivity index (χ4v) is 5.29. The Morgan fingerprint density at radius 1 is 0.912 bits per heavy atom. The van der Waals surface area contributed by atoms with Gasteiger partial charge in [-0.15, -0.1) is 0 Å². The second-order valence-corrected chi connectivity index (χ2v) is 11.0. The van der Waals surface area contributed by atoms with Crippen molar-refractivity contribution in [1.29, 1.82) is 0 Å². The van der Waals surface area contributed by atoms with Gasteiger partial charge in [-0.25, -0.2) is 8.42 Å². The number of nitrogens with one attached hydrogen (secondary N) is 1. The highest BCUT2D eigenvalue weighted by molar-refractivity contribution is 7.89. The number of carbonyl (C=O) groups is 1. The number of aryl methyl sites for hydroxylation is 1. The van der Waals surface area contributed by atoms with Crippen LogP contribution in [0.2, 0.25) is 15.1 Å². The zero-order chi connectivity index (χ0) is 24.7. The van der Waals surface area contributed by atoms with E-state index < -0.39 is 22.5 Å². The normalized spacial score (nSPS) is 11.6. The van der Waals surface area contributed by atoms with E-state index in [0.717, 1.165) is 23.6 Å². The number of benzene rings is 3. The summed E-state index contributed by atoms with van der Waals surface area (Å²) < 4.78 is 27.9. The first-order valence-corrected chi connectivity index (χ1v) is 13.3. The Morgan fingerprint density at radius 2 is 1.56 bits per heavy atom. The van der Waals surface area contributed by atoms with Gasteiger partial charge in [0.05, 0.1) is 11.4 Å². The maximum Gasteiger partial charge on any atom is 0.243 e. The lowest BCUT2D eigenvalue weighted by Gasteiger charge is -2.22. The van der Waals surface area contributed by atoms with Crippen LogP contribution in [0.1, 0.15) is 30.9 Å². The van der Waals surface area contributed by atoms with E-state index in [-0.39, 0.29) is 11.4 Å². The molecule has 0 bridgehead atoms. The van der Waals surface area contributed by atoms with Gasteiger partial charge in [-0.2, -0.15) is 4.31 Å². The van der Waals surface area contributed by atoms with Crippen molar-refractivity contribution in [2.24, 2.45) is 0 Å². The van der Waals surface area contributed by atoms with Crippen LogP contribution in [0.15, 0.2) is 71.6 Å². The largest absolute Gasteiger partial charge is 0.325 e. The van der Waals surface area contributed by atoms with Crippen LogP contribution in [-0.2, 0) is 27.8 Å². The van der Waals surface area contributed by atoms with Gasteiger partial charge in [0, 0.05) is 27.3 Å². The SMILES string of the molecule is CCCCc1ccc(NC(=O)CN(Cc2ccc(Cl)cc2Cl)S(=O)(=O)c2ccc(Cl)cc2)cc1. The molecule has 3 rings (SSSR count). The molecule has 0 spiro atoms. The highest BCUT2D eigenvalue weighted by Gasteiger charge is 2.27. The first-order chi connectivity index (χ1) is 16.2. The lowest BCUT2D eigenvalue weighted by Crippen LogP contribution is -2.37. The third-order valence-corrected chi connectivity index (χ3v) is 7.83. The predicted molar refractivity (Wildman–Crippen MR) is 139 cm³/mol. The smallest absolute Gasteiger partial charge is 0.243 e. The molecule has 0 aromatic heterocycles. The number of rotatable bonds is 10. The van der Waals surface area contributed by atoms with Crippen LogP contribution >= 0.6 is 34.8 Å². The van der Waals surface area contributed by atoms with Gasteiger partial charge in [-0.3, -0.25) is 4.79 Å². The minimum absolute atomic E-state index is 0.0232. The summed E-state index contributed by atoms with van der Waals surface area (Å²) in [6.45, 7) is 1.63. The average Bonchev–Trinajstić information content (AvgIpc) is 2.80. The summed E-state index contributed by atoms with van der Waals surface area (Å²) >= 11 is 18.2. The number of unbranched alkanes of at least 4 members (excludes halogenated alkanes) is 1. The fraction of sp³-hybridized carbons (Fsp3) is 0.240. The van der Waals surface area contributed by atoms with Crippen molar-refractivity contribution >= 4 is 56.4 Å². The van der Waals surface area contributed by atoms with Crippen molar-refractivity contribution in [1.82, 2.24) is 4.31 Å². The second kappa shape index (κ2) is 12.0. The monoisotopic (exact) mass is 538 g/mol. The van der Waals surface area contributed by atoms with Crippen molar-refractivity contribution in [2.75, 3.05) is 11.9 Å². The number of halogens is 3. The first kappa shape index (κ1) is 26.5. The van der Waals surface area contributed by atoms with E-state index >= 15 is 0 Å². The molecule has 1 amide bonds. The van der Waals surface area contributed by atoms with E-state index in [1.807, 2.05) is 24.3 Å². The van der Waals surface area contributed by atoms with Gasteiger partial charge in [-0.05, 0) is 72.5 Å². The Bertz CT molecular complexity index is 1230. The van der Waals surface area contributed by atoms with Crippen LogP contribution in [0.25, 0.3) is 0 Å². The van der Waals surface area contributed by atoms with Gasteiger partial charge in [0.1, 0.15) is 0 Å². The average molecular weight is 540 g/mol. The number of hydrogen-bond acceptors (Lipinski definition) is 3. The predicted octanol–water partition coefficient (Wildman–Crippen LogP) is 6.82. The molecule has 0 atom stereocenters. The molecular formula is C25H25Cl3N2O3S. The Labute approximate surface area is 215 Å². The van der Waals surface area contributed by atoms with E-state index in [4.69, 9.17) is 34.8 Å². The summed E-state index contributed by atoms with van der Waals surface area (Å²) in [6.07, 6.45) is 3.17. The van der Waals surface area contributed by atoms with Crippen molar-refractivity contribution in [3.63, 3.8) is 0 Å². The fourth-order valence-electron chi connectivity index (χ4n) is 3.32. The lowest BCUT2D eigenvalue weighted by molar-refractivity contribution is -0.116. The highest BCUT2D eigenvalue weighted by atomic mass is 35.5. The molecule has 0 radical (unpaired) electrons. The molecule has 0 fully saturated rings. The Balaban J connectivity index is 1.82. The molecule has 34 heavy (non-hydrogen) atoms. The molecule has 1 N–H and O–H groups in total. The van der Waals surface area contributed by atoms with Crippen LogP contribution < -0.4 is 5.32 Å². The number of anilines is 1. The van der Waals surface area contributed by atoms with E-state index in [0.29, 0.717) is 26.3 Å². The first-order valence-electron chi connectivity index (χ1n) is 10.8.